The van der Waals surface area contributed by atoms with E-state index in [9.17, 15) is 0 Å². The van der Waals surface area contributed by atoms with E-state index in [1.54, 1.807) is 36.2 Å². The zero-order valence-electron chi connectivity index (χ0n) is 28.3. The topological polar surface area (TPSA) is 118 Å². The van der Waals surface area contributed by atoms with Gasteiger partial charge < -0.3 is 34.1 Å². The Morgan fingerprint density at radius 2 is 1.07 bits per heavy atom. The van der Waals surface area contributed by atoms with Crippen LogP contribution < -0.4 is 28.4 Å². The molecular weight excluding hydrogens is 572 g/mol. The van der Waals surface area contributed by atoms with E-state index in [1.807, 2.05) is 73.7 Å². The lowest BCUT2D eigenvalue weighted by molar-refractivity contribution is -0.659. The minimum Gasteiger partial charge on any atom is -0.494 e. The summed E-state index contributed by atoms with van der Waals surface area (Å²) in [4.78, 5) is 4.47. The third-order valence-electron chi connectivity index (χ3n) is 7.20. The van der Waals surface area contributed by atoms with Gasteiger partial charge in [-0.25, -0.2) is 9.13 Å². The Bertz CT molecular complexity index is 1420. The molecule has 0 aliphatic heterocycles. The molecule has 2 aromatic heterocycles. The monoisotopic (exact) mass is 620 g/mol. The van der Waals surface area contributed by atoms with E-state index < -0.39 is 0 Å². The lowest BCUT2D eigenvalue weighted by Crippen LogP contribution is -2.25. The normalized spacial score (nSPS) is 11.0. The molecule has 244 valence electrons. The number of ether oxygens (including phenoxy) is 2. The Labute approximate surface area is 267 Å². The van der Waals surface area contributed by atoms with Crippen molar-refractivity contribution in [3.63, 3.8) is 0 Å². The van der Waals surface area contributed by atoms with Gasteiger partial charge in [-0.05, 0) is 53.7 Å². The van der Waals surface area contributed by atoms with Crippen LogP contribution in [-0.4, -0.2) is 61.0 Å². The number of azo groups is 2. The van der Waals surface area contributed by atoms with Crippen LogP contribution in [0, 0.1) is 14.9 Å². The zero-order chi connectivity index (χ0) is 30.9. The highest BCUT2D eigenvalue weighted by atomic mass is 16.5. The second-order valence-corrected chi connectivity index (χ2v) is 10.3. The van der Waals surface area contributed by atoms with E-state index in [0.29, 0.717) is 34.8 Å². The third kappa shape index (κ3) is 9.06. The molecule has 2 heterocycles. The zero-order valence-corrected chi connectivity index (χ0v) is 28.3. The number of anilines is 2. The largest absolute Gasteiger partial charge is 0.494 e. The summed E-state index contributed by atoms with van der Waals surface area (Å²) in [7, 11) is 14.9. The van der Waals surface area contributed by atoms with Crippen LogP contribution in [0.4, 0.5) is 34.6 Å². The molecule has 0 radical (unpaired) electrons. The molecule has 0 saturated heterocycles. The number of rotatable bonds is 14. The second-order valence-electron chi connectivity index (χ2n) is 10.3. The van der Waals surface area contributed by atoms with Gasteiger partial charge in [-0.3, -0.25) is 0 Å². The van der Waals surface area contributed by atoms with Crippen LogP contribution in [0.25, 0.3) is 0 Å². The first-order chi connectivity index (χ1) is 20.7. The number of nitrogens with zero attached hydrogens (tertiary/aromatic N) is 12. The van der Waals surface area contributed by atoms with Crippen LogP contribution in [0.2, 0.25) is 0 Å². The molecule has 4 rings (SSSR count). The molecule has 4 aromatic rings. The van der Waals surface area contributed by atoms with Crippen LogP contribution in [0.5, 0.6) is 11.5 Å². The highest BCUT2D eigenvalue weighted by Gasteiger charge is 2.15. The van der Waals surface area contributed by atoms with Crippen molar-refractivity contribution in [1.82, 2.24) is 19.6 Å². The molecule has 0 amide bonds. The molecule has 2 aromatic carbocycles. The van der Waals surface area contributed by atoms with Crippen molar-refractivity contribution in [2.45, 2.75) is 19.3 Å². The highest BCUT2D eigenvalue weighted by Crippen LogP contribution is 2.34. The fourth-order valence-electron chi connectivity index (χ4n) is 4.55. The molecule has 0 atom stereocenters. The standard InChI is InChI=1S/C29H42N12O2.2CH3/c1-36(22-12-14-24(26(18-22)42-7)32-34-28-38(3)20-30-40(28)5)16-10-9-11-17-37(2)23-13-15-25(27(19-23)43-8)33-35-29-39(4)21-31-41(29)6;;/h12-15,18-21H,9-11,16-17H2,1-8H3;2*1H3/q+2;2*-1. The number of aryl methyl sites for hydroxylation is 4. The van der Waals surface area contributed by atoms with E-state index in [2.05, 4.69) is 54.5 Å². The van der Waals surface area contributed by atoms with Gasteiger partial charge in [0.2, 0.25) is 12.7 Å². The van der Waals surface area contributed by atoms with Crippen molar-refractivity contribution < 1.29 is 18.6 Å². The van der Waals surface area contributed by atoms with Gasteiger partial charge in [0, 0.05) is 60.9 Å². The van der Waals surface area contributed by atoms with Crippen molar-refractivity contribution in [2.75, 3.05) is 51.2 Å². The minimum absolute atomic E-state index is 0. The third-order valence-corrected chi connectivity index (χ3v) is 7.20. The highest BCUT2D eigenvalue weighted by molar-refractivity contribution is 5.62. The minimum atomic E-state index is 0. The Morgan fingerprint density at radius 1 is 0.667 bits per heavy atom. The summed E-state index contributed by atoms with van der Waals surface area (Å²) in [6.07, 6.45) is 6.62. The maximum atomic E-state index is 5.60. The molecule has 0 unspecified atom stereocenters. The van der Waals surface area contributed by atoms with Crippen LogP contribution in [0.15, 0.2) is 69.5 Å². The van der Waals surface area contributed by atoms with E-state index in [0.717, 1.165) is 43.7 Å². The Hall–Kier alpha value is -4.88. The number of hydrogen-bond donors (Lipinski definition) is 0. The first-order valence-electron chi connectivity index (χ1n) is 14.1. The SMILES string of the molecule is COc1cc(N(C)CCCCCN(C)c2ccc(N=Nc3n(C)nc[n+]3C)c(OC)c2)ccc1N=Nc1n(C)nc[n+]1C.[CH3-].[CH3-]. The first kappa shape index (κ1) is 36.3. The average molecular weight is 621 g/mol. The van der Waals surface area contributed by atoms with Crippen LogP contribution in [0.1, 0.15) is 19.3 Å². The number of unbranched alkanes of at least 4 members (excludes halogenated alkanes) is 2. The molecule has 0 aliphatic rings. The van der Waals surface area contributed by atoms with Crippen LogP contribution in [-0.2, 0) is 28.2 Å². The maximum absolute atomic E-state index is 5.60. The second kappa shape index (κ2) is 16.8. The molecule has 45 heavy (non-hydrogen) atoms. The lowest BCUT2D eigenvalue weighted by atomic mass is 10.2. The first-order valence-corrected chi connectivity index (χ1v) is 14.1. The van der Waals surface area contributed by atoms with Gasteiger partial charge in [0.15, 0.2) is 0 Å². The van der Waals surface area contributed by atoms with Gasteiger partial charge in [-0.1, -0.05) is 10.2 Å². The molecule has 0 saturated carbocycles. The van der Waals surface area contributed by atoms with E-state index in [1.165, 1.54) is 0 Å². The van der Waals surface area contributed by atoms with Crippen LogP contribution >= 0.6 is 0 Å². The van der Waals surface area contributed by atoms with Gasteiger partial charge in [-0.2, -0.15) is 0 Å². The summed E-state index contributed by atoms with van der Waals surface area (Å²) in [5, 5.41) is 25.8. The number of aromatic nitrogens is 6. The Kier molecular flexibility index (Phi) is 13.6. The fourth-order valence-corrected chi connectivity index (χ4v) is 4.55. The predicted molar refractivity (Wildman–Crippen MR) is 176 cm³/mol. The van der Waals surface area contributed by atoms with Crippen molar-refractivity contribution in [1.29, 1.82) is 0 Å². The molecular formula is C31H48N12O2. The molecule has 14 heteroatoms. The van der Waals surface area contributed by atoms with E-state index >= 15 is 0 Å². The smallest absolute Gasteiger partial charge is 0.403 e. The van der Waals surface area contributed by atoms with Gasteiger partial charge in [-0.15, -0.1) is 9.36 Å². The summed E-state index contributed by atoms with van der Waals surface area (Å²) in [6.45, 7) is 1.86. The van der Waals surface area contributed by atoms with Crippen molar-refractivity contribution in [3.8, 4) is 11.5 Å². The lowest BCUT2D eigenvalue weighted by Gasteiger charge is -2.22. The summed E-state index contributed by atoms with van der Waals surface area (Å²) >= 11 is 0. The molecule has 0 spiro atoms. The Balaban J connectivity index is 0.00000353. The fraction of sp³-hybridized carbons (Fsp3) is 0.419. The van der Waals surface area contributed by atoms with Gasteiger partial charge in [0.25, 0.3) is 0 Å². The average Bonchev–Trinajstić information content (AvgIpc) is 3.51. The Morgan fingerprint density at radius 3 is 1.40 bits per heavy atom. The van der Waals surface area contributed by atoms with Crippen molar-refractivity contribution >= 4 is 34.6 Å². The van der Waals surface area contributed by atoms with Crippen molar-refractivity contribution in [2.24, 2.45) is 48.6 Å². The van der Waals surface area contributed by atoms with Gasteiger partial charge >= 0.3 is 11.9 Å². The maximum Gasteiger partial charge on any atom is 0.403 e. The molecule has 14 nitrogen and oxygen atoms in total. The predicted octanol–water partition coefficient (Wildman–Crippen LogP) is 5.29. The number of hydrogen-bond acceptors (Lipinski definition) is 10. The summed E-state index contributed by atoms with van der Waals surface area (Å²) < 4.78 is 18.2. The van der Waals surface area contributed by atoms with Gasteiger partial charge in [0.1, 0.15) is 22.9 Å². The van der Waals surface area contributed by atoms with E-state index in [4.69, 9.17) is 9.47 Å². The van der Waals surface area contributed by atoms with Gasteiger partial charge in [0.05, 0.1) is 42.4 Å². The summed E-state index contributed by atoms with van der Waals surface area (Å²) in [5.74, 6) is 2.63. The van der Waals surface area contributed by atoms with Crippen LogP contribution in [0.3, 0.4) is 0 Å². The summed E-state index contributed by atoms with van der Waals surface area (Å²) in [6, 6.07) is 11.9. The quantitative estimate of drug-likeness (QED) is 0.0818. The van der Waals surface area contributed by atoms with E-state index in [-0.39, 0.29) is 14.9 Å². The van der Waals surface area contributed by atoms with Crippen molar-refractivity contribution in [3.05, 3.63) is 63.9 Å². The molecule has 0 bridgehead atoms. The molecule has 0 fully saturated rings. The number of methoxy groups -OCH3 is 2. The molecule has 0 N–H and O–H groups in total. The summed E-state index contributed by atoms with van der Waals surface area (Å²) in [5.41, 5.74) is 3.47. The number of benzene rings is 2. The molecule has 0 aliphatic carbocycles.